The average Bonchev–Trinajstić information content (AvgIpc) is 3.18. The molecule has 1 amide bonds. The lowest BCUT2D eigenvalue weighted by Crippen LogP contribution is -2.41. The van der Waals surface area contributed by atoms with Crippen LogP contribution in [0.5, 0.6) is 0 Å². The molecule has 0 saturated heterocycles. The van der Waals surface area contributed by atoms with Gasteiger partial charge in [0.05, 0.1) is 11.4 Å². The molecular weight excluding hydrogens is 366 g/mol. The maximum Gasteiger partial charge on any atom is 0.272 e. The van der Waals surface area contributed by atoms with Crippen molar-refractivity contribution >= 4 is 21.8 Å². The zero-order valence-electron chi connectivity index (χ0n) is 14.3. The second-order valence-electron chi connectivity index (χ2n) is 7.95. The summed E-state index contributed by atoms with van der Waals surface area (Å²) in [6.45, 7) is 6.01. The van der Waals surface area contributed by atoms with Crippen molar-refractivity contribution in [1.82, 2.24) is 15.1 Å². The highest BCUT2D eigenvalue weighted by molar-refractivity contribution is 9.10. The summed E-state index contributed by atoms with van der Waals surface area (Å²) in [4.78, 5) is 12.8. The Balaban J connectivity index is 1.82. The molecule has 24 heavy (non-hydrogen) atoms. The summed E-state index contributed by atoms with van der Waals surface area (Å²) in [5.41, 5.74) is 3.83. The molecule has 2 atom stereocenters. The zero-order valence-corrected chi connectivity index (χ0v) is 15.9. The Morgan fingerprint density at radius 3 is 2.54 bits per heavy atom. The predicted octanol–water partition coefficient (Wildman–Crippen LogP) is 4.53. The number of benzene rings is 1. The first-order valence-corrected chi connectivity index (χ1v) is 9.34. The Labute approximate surface area is 150 Å². The van der Waals surface area contributed by atoms with Crippen LogP contribution < -0.4 is 5.32 Å². The molecule has 1 N–H and O–H groups in total. The van der Waals surface area contributed by atoms with E-state index in [1.165, 1.54) is 30.5 Å². The number of aromatic nitrogens is 2. The van der Waals surface area contributed by atoms with Crippen molar-refractivity contribution in [2.45, 2.75) is 57.4 Å². The molecule has 1 heterocycles. The van der Waals surface area contributed by atoms with Crippen molar-refractivity contribution in [3.8, 4) is 5.69 Å². The van der Waals surface area contributed by atoms with E-state index in [2.05, 4.69) is 33.4 Å². The zero-order chi connectivity index (χ0) is 17.1. The quantitative estimate of drug-likeness (QED) is 0.822. The molecule has 2 aromatic rings. The van der Waals surface area contributed by atoms with Gasteiger partial charge in [-0.3, -0.25) is 4.79 Å². The van der Waals surface area contributed by atoms with Gasteiger partial charge in [-0.05, 0) is 70.2 Å². The van der Waals surface area contributed by atoms with Crippen LogP contribution in [0.3, 0.4) is 0 Å². The third-order valence-corrected chi connectivity index (χ3v) is 5.49. The van der Waals surface area contributed by atoms with E-state index >= 15 is 0 Å². The van der Waals surface area contributed by atoms with Crippen LogP contribution in [0.15, 0.2) is 28.7 Å². The molecule has 0 unspecified atom stereocenters. The van der Waals surface area contributed by atoms with Gasteiger partial charge in [0.15, 0.2) is 5.69 Å². The van der Waals surface area contributed by atoms with Gasteiger partial charge in [-0.15, -0.1) is 0 Å². The predicted molar refractivity (Wildman–Crippen MR) is 97.8 cm³/mol. The lowest BCUT2D eigenvalue weighted by molar-refractivity contribution is 0.0912. The summed E-state index contributed by atoms with van der Waals surface area (Å²) in [6, 6.07) is 8.14. The van der Waals surface area contributed by atoms with Gasteiger partial charge in [-0.25, -0.2) is 4.68 Å². The fourth-order valence-corrected chi connectivity index (χ4v) is 4.34. The van der Waals surface area contributed by atoms with Crippen LogP contribution in [0.2, 0.25) is 0 Å². The van der Waals surface area contributed by atoms with Gasteiger partial charge in [0.1, 0.15) is 0 Å². The molecule has 1 saturated carbocycles. The number of rotatable bonds is 2. The molecule has 0 radical (unpaired) electrons. The molecule has 1 fully saturated rings. The van der Waals surface area contributed by atoms with E-state index in [1.54, 1.807) is 0 Å². The molecule has 1 aromatic carbocycles. The van der Waals surface area contributed by atoms with Crippen LogP contribution in [0.4, 0.5) is 0 Å². The standard InChI is InChI=1S/C19H22BrN3O/c1-19(2,3)21-18(24)16-15-11-4-5-12(10-11)17(15)23(22-16)14-8-6-13(20)7-9-14/h6-9,11-12H,4-5,10H2,1-3H3,(H,21,24)/t11-,12+/m0/s1. The molecule has 4 rings (SSSR count). The van der Waals surface area contributed by atoms with Gasteiger partial charge in [0.25, 0.3) is 5.91 Å². The molecule has 5 heteroatoms. The smallest absolute Gasteiger partial charge is 0.272 e. The number of halogens is 1. The second-order valence-corrected chi connectivity index (χ2v) is 8.86. The number of nitrogens with one attached hydrogen (secondary N) is 1. The summed E-state index contributed by atoms with van der Waals surface area (Å²) < 4.78 is 3.05. The van der Waals surface area contributed by atoms with Crippen molar-refractivity contribution in [2.75, 3.05) is 0 Å². The fraction of sp³-hybridized carbons (Fsp3) is 0.474. The molecule has 0 aliphatic heterocycles. The number of carbonyl (C=O) groups is 1. The van der Waals surface area contributed by atoms with E-state index in [-0.39, 0.29) is 11.4 Å². The van der Waals surface area contributed by atoms with Gasteiger partial charge >= 0.3 is 0 Å². The van der Waals surface area contributed by atoms with Crippen LogP contribution in [0.25, 0.3) is 5.69 Å². The first-order chi connectivity index (χ1) is 11.3. The topological polar surface area (TPSA) is 46.9 Å². The summed E-state index contributed by atoms with van der Waals surface area (Å²) in [7, 11) is 0. The van der Waals surface area contributed by atoms with Crippen molar-refractivity contribution < 1.29 is 4.79 Å². The molecule has 2 aliphatic rings. The van der Waals surface area contributed by atoms with E-state index in [4.69, 9.17) is 5.10 Å². The van der Waals surface area contributed by atoms with Crippen LogP contribution in [0.1, 0.15) is 73.6 Å². The van der Waals surface area contributed by atoms with Crippen LogP contribution >= 0.6 is 15.9 Å². The maximum atomic E-state index is 12.8. The van der Waals surface area contributed by atoms with Crippen LogP contribution in [-0.4, -0.2) is 21.2 Å². The highest BCUT2D eigenvalue weighted by Crippen LogP contribution is 2.54. The first-order valence-electron chi connectivity index (χ1n) is 8.55. The van der Waals surface area contributed by atoms with Gasteiger partial charge in [-0.2, -0.15) is 5.10 Å². The monoisotopic (exact) mass is 387 g/mol. The van der Waals surface area contributed by atoms with E-state index in [0.717, 1.165) is 10.2 Å². The van der Waals surface area contributed by atoms with Crippen LogP contribution in [-0.2, 0) is 0 Å². The van der Waals surface area contributed by atoms with E-state index in [9.17, 15) is 4.79 Å². The molecular formula is C19H22BrN3O. The Morgan fingerprint density at radius 1 is 1.21 bits per heavy atom. The maximum absolute atomic E-state index is 12.8. The van der Waals surface area contributed by atoms with Crippen molar-refractivity contribution in [2.24, 2.45) is 0 Å². The number of nitrogens with zero attached hydrogens (tertiary/aromatic N) is 2. The first kappa shape index (κ1) is 15.9. The third kappa shape index (κ3) is 2.59. The lowest BCUT2D eigenvalue weighted by atomic mass is 9.95. The van der Waals surface area contributed by atoms with E-state index in [0.29, 0.717) is 17.5 Å². The van der Waals surface area contributed by atoms with Gasteiger partial charge < -0.3 is 5.32 Å². The minimum absolute atomic E-state index is 0.0536. The van der Waals surface area contributed by atoms with Gasteiger partial charge in [0.2, 0.25) is 0 Å². The molecule has 2 aliphatic carbocycles. The average molecular weight is 388 g/mol. The molecule has 4 nitrogen and oxygen atoms in total. The summed E-state index contributed by atoms with van der Waals surface area (Å²) in [6.07, 6.45) is 3.55. The molecule has 126 valence electrons. The fourth-order valence-electron chi connectivity index (χ4n) is 4.08. The van der Waals surface area contributed by atoms with E-state index in [1.807, 2.05) is 37.6 Å². The minimum atomic E-state index is -0.261. The third-order valence-electron chi connectivity index (χ3n) is 4.96. The van der Waals surface area contributed by atoms with Gasteiger partial charge in [0, 0.05) is 21.5 Å². The van der Waals surface area contributed by atoms with Crippen molar-refractivity contribution in [3.05, 3.63) is 45.7 Å². The van der Waals surface area contributed by atoms with E-state index < -0.39 is 0 Å². The Hall–Kier alpha value is -1.62. The SMILES string of the molecule is CC(C)(C)NC(=O)c1nn(-c2ccc(Br)cc2)c2c1[C@H]1CC[C@@H]2C1. The number of hydrogen-bond donors (Lipinski definition) is 1. The number of hydrogen-bond acceptors (Lipinski definition) is 2. The van der Waals surface area contributed by atoms with Gasteiger partial charge in [-0.1, -0.05) is 15.9 Å². The lowest BCUT2D eigenvalue weighted by Gasteiger charge is -2.20. The number of amides is 1. The largest absolute Gasteiger partial charge is 0.346 e. The normalized spacial score (nSPS) is 21.8. The molecule has 2 bridgehead atoms. The summed E-state index contributed by atoms with van der Waals surface area (Å²) >= 11 is 3.48. The number of fused-ring (bicyclic) bond motifs is 5. The molecule has 1 aromatic heterocycles. The summed E-state index contributed by atoms with van der Waals surface area (Å²) in [5.74, 6) is 0.981. The molecule has 0 spiro atoms. The summed E-state index contributed by atoms with van der Waals surface area (Å²) in [5, 5.41) is 7.82. The van der Waals surface area contributed by atoms with Crippen molar-refractivity contribution in [1.29, 1.82) is 0 Å². The highest BCUT2D eigenvalue weighted by Gasteiger charge is 2.44. The highest BCUT2D eigenvalue weighted by atomic mass is 79.9. The Morgan fingerprint density at radius 2 is 1.88 bits per heavy atom. The Bertz CT molecular complexity index is 801. The minimum Gasteiger partial charge on any atom is -0.346 e. The second kappa shape index (κ2) is 5.45. The Kier molecular flexibility index (Phi) is 3.60. The van der Waals surface area contributed by atoms with Crippen molar-refractivity contribution in [3.63, 3.8) is 0 Å². The number of carbonyl (C=O) groups excluding carboxylic acids is 1. The van der Waals surface area contributed by atoms with Crippen LogP contribution in [0, 0.1) is 0 Å².